The minimum atomic E-state index is -0.0586. The van der Waals surface area contributed by atoms with Crippen LogP contribution in [0.4, 0.5) is 0 Å². The van der Waals surface area contributed by atoms with Gasteiger partial charge in [0.05, 0.1) is 18.7 Å². The molecule has 4 nitrogen and oxygen atoms in total. The van der Waals surface area contributed by atoms with Crippen LogP contribution in [-0.4, -0.2) is 43.5 Å². The molecule has 3 atom stereocenters. The molecule has 4 heteroatoms. The molecule has 0 N–H and O–H groups in total. The zero-order chi connectivity index (χ0) is 11.3. The first-order valence-electron chi connectivity index (χ1n) is 5.53. The van der Waals surface area contributed by atoms with E-state index < -0.39 is 0 Å². The van der Waals surface area contributed by atoms with Gasteiger partial charge >= 0.3 is 0 Å². The van der Waals surface area contributed by atoms with Crippen molar-refractivity contribution in [3.8, 4) is 6.07 Å². The molecule has 15 heavy (non-hydrogen) atoms. The maximum atomic E-state index is 8.63. The molecule has 0 aromatic heterocycles. The maximum absolute atomic E-state index is 8.63. The molecule has 0 amide bonds. The molecule has 3 unspecified atom stereocenters. The normalized spacial score (nSPS) is 31.5. The lowest BCUT2D eigenvalue weighted by Crippen LogP contribution is -2.47. The monoisotopic (exact) mass is 212 g/mol. The molecule has 1 aliphatic rings. The van der Waals surface area contributed by atoms with Crippen molar-refractivity contribution in [2.45, 2.75) is 45.1 Å². The lowest BCUT2D eigenvalue weighted by atomic mass is 10.0. The van der Waals surface area contributed by atoms with E-state index in [1.54, 1.807) is 0 Å². The van der Waals surface area contributed by atoms with Crippen LogP contribution in [-0.2, 0) is 9.47 Å². The second kappa shape index (κ2) is 6.06. The molecule has 0 aromatic carbocycles. The fraction of sp³-hybridized carbons (Fsp3) is 0.909. The van der Waals surface area contributed by atoms with Gasteiger partial charge in [0.2, 0.25) is 0 Å². The zero-order valence-electron chi connectivity index (χ0n) is 9.77. The third kappa shape index (κ3) is 3.45. The Labute approximate surface area is 91.8 Å². The minimum absolute atomic E-state index is 0.0586. The van der Waals surface area contributed by atoms with E-state index in [1.165, 1.54) is 0 Å². The second-order valence-corrected chi connectivity index (χ2v) is 3.94. The van der Waals surface area contributed by atoms with E-state index in [4.69, 9.17) is 14.7 Å². The van der Waals surface area contributed by atoms with Gasteiger partial charge in [-0.05, 0) is 33.7 Å². The van der Waals surface area contributed by atoms with Gasteiger partial charge in [0, 0.05) is 12.6 Å². The van der Waals surface area contributed by atoms with Gasteiger partial charge in [-0.2, -0.15) is 5.26 Å². The first-order valence-corrected chi connectivity index (χ1v) is 5.53. The highest BCUT2D eigenvalue weighted by Gasteiger charge is 2.30. The minimum Gasteiger partial charge on any atom is -0.353 e. The van der Waals surface area contributed by atoms with Crippen molar-refractivity contribution in [3.05, 3.63) is 0 Å². The number of rotatable bonds is 4. The highest BCUT2D eigenvalue weighted by Crippen LogP contribution is 2.23. The Morgan fingerprint density at radius 2 is 2.27 bits per heavy atom. The number of nitrogens with zero attached hydrogens (tertiary/aromatic N) is 2. The van der Waals surface area contributed by atoms with Crippen LogP contribution in [0, 0.1) is 11.3 Å². The topological polar surface area (TPSA) is 45.5 Å². The summed E-state index contributed by atoms with van der Waals surface area (Å²) in [5.41, 5.74) is 0. The van der Waals surface area contributed by atoms with E-state index in [2.05, 4.69) is 6.07 Å². The Hall–Kier alpha value is -0.630. The third-order valence-corrected chi connectivity index (χ3v) is 2.85. The van der Waals surface area contributed by atoms with Crippen LogP contribution in [0.15, 0.2) is 0 Å². The van der Waals surface area contributed by atoms with Crippen molar-refractivity contribution in [1.82, 2.24) is 4.90 Å². The number of ether oxygens (including phenoxy) is 2. The maximum Gasteiger partial charge on any atom is 0.158 e. The third-order valence-electron chi connectivity index (χ3n) is 2.85. The van der Waals surface area contributed by atoms with Crippen molar-refractivity contribution < 1.29 is 9.47 Å². The average Bonchev–Trinajstić information content (AvgIpc) is 2.18. The summed E-state index contributed by atoms with van der Waals surface area (Å²) in [6, 6.07) is 2.50. The summed E-state index contributed by atoms with van der Waals surface area (Å²) in [6.45, 7) is 5.17. The Bertz CT molecular complexity index is 227. The van der Waals surface area contributed by atoms with E-state index in [1.807, 2.05) is 25.8 Å². The van der Waals surface area contributed by atoms with Crippen LogP contribution < -0.4 is 0 Å². The molecule has 1 fully saturated rings. The van der Waals surface area contributed by atoms with E-state index >= 15 is 0 Å². The van der Waals surface area contributed by atoms with Crippen molar-refractivity contribution >= 4 is 0 Å². The van der Waals surface area contributed by atoms with Crippen LogP contribution in [0.1, 0.15) is 26.7 Å². The molecule has 1 rings (SSSR count). The number of hydrogen-bond acceptors (Lipinski definition) is 4. The summed E-state index contributed by atoms with van der Waals surface area (Å²) in [4.78, 5) is 2.05. The van der Waals surface area contributed by atoms with Gasteiger partial charge in [0.25, 0.3) is 0 Å². The number of likely N-dealkylation sites (N-methyl/N-ethyl adjacent to an activating group) is 1. The quantitative estimate of drug-likeness (QED) is 0.660. The molecule has 0 bridgehead atoms. The van der Waals surface area contributed by atoms with Crippen molar-refractivity contribution in [3.63, 3.8) is 0 Å². The average molecular weight is 212 g/mol. The Balaban J connectivity index is 2.42. The molecular formula is C11H20N2O2. The molecule has 0 saturated carbocycles. The second-order valence-electron chi connectivity index (χ2n) is 3.94. The molecule has 1 heterocycles. The van der Waals surface area contributed by atoms with E-state index in [0.29, 0.717) is 19.2 Å². The van der Waals surface area contributed by atoms with Crippen LogP contribution in [0.3, 0.4) is 0 Å². The van der Waals surface area contributed by atoms with Crippen LogP contribution in [0.2, 0.25) is 0 Å². The SMILES string of the molecule is CCOC1CCC(N(C)CC#N)C(C)O1. The molecule has 0 radical (unpaired) electrons. The predicted molar refractivity (Wildman–Crippen MR) is 57.2 cm³/mol. The Morgan fingerprint density at radius 3 is 2.80 bits per heavy atom. The van der Waals surface area contributed by atoms with Gasteiger partial charge in [-0.1, -0.05) is 0 Å². The molecular weight excluding hydrogens is 192 g/mol. The van der Waals surface area contributed by atoms with Crippen molar-refractivity contribution in [1.29, 1.82) is 5.26 Å². The lowest BCUT2D eigenvalue weighted by Gasteiger charge is -2.38. The van der Waals surface area contributed by atoms with Gasteiger partial charge in [0.1, 0.15) is 0 Å². The number of hydrogen-bond donors (Lipinski definition) is 0. The first-order chi connectivity index (χ1) is 7.19. The highest BCUT2D eigenvalue weighted by atomic mass is 16.7. The van der Waals surface area contributed by atoms with Crippen LogP contribution in [0.5, 0.6) is 0 Å². The summed E-state index contributed by atoms with van der Waals surface area (Å²) in [7, 11) is 1.97. The molecule has 0 aliphatic carbocycles. The summed E-state index contributed by atoms with van der Waals surface area (Å²) in [5, 5.41) is 8.63. The summed E-state index contributed by atoms with van der Waals surface area (Å²) < 4.78 is 11.2. The van der Waals surface area contributed by atoms with Gasteiger partial charge in [-0.25, -0.2) is 0 Å². The van der Waals surface area contributed by atoms with Crippen LogP contribution >= 0.6 is 0 Å². The fourth-order valence-corrected chi connectivity index (χ4v) is 2.06. The standard InChI is InChI=1S/C11H20N2O2/c1-4-14-11-6-5-10(9(2)15-11)13(3)8-7-12/h9-11H,4-6,8H2,1-3H3. The summed E-state index contributed by atoms with van der Waals surface area (Å²) >= 11 is 0. The van der Waals surface area contributed by atoms with Crippen molar-refractivity contribution in [2.24, 2.45) is 0 Å². The van der Waals surface area contributed by atoms with Gasteiger partial charge < -0.3 is 9.47 Å². The van der Waals surface area contributed by atoms with Gasteiger partial charge in [-0.3, -0.25) is 4.90 Å². The fourth-order valence-electron chi connectivity index (χ4n) is 2.06. The zero-order valence-corrected chi connectivity index (χ0v) is 9.77. The lowest BCUT2D eigenvalue weighted by molar-refractivity contribution is -0.204. The Kier molecular flexibility index (Phi) is 5.03. The highest BCUT2D eigenvalue weighted by molar-refractivity contribution is 4.85. The largest absolute Gasteiger partial charge is 0.353 e. The molecule has 1 aliphatic heterocycles. The first kappa shape index (κ1) is 12.4. The van der Waals surface area contributed by atoms with E-state index in [-0.39, 0.29) is 12.4 Å². The predicted octanol–water partition coefficient (Wildman–Crippen LogP) is 1.37. The number of nitriles is 1. The molecule has 1 saturated heterocycles. The smallest absolute Gasteiger partial charge is 0.158 e. The summed E-state index contributed by atoms with van der Waals surface area (Å²) in [6.07, 6.45) is 2.02. The van der Waals surface area contributed by atoms with E-state index in [9.17, 15) is 0 Å². The molecule has 0 spiro atoms. The Morgan fingerprint density at radius 1 is 1.53 bits per heavy atom. The van der Waals surface area contributed by atoms with Crippen molar-refractivity contribution in [2.75, 3.05) is 20.2 Å². The molecule has 86 valence electrons. The molecule has 0 aromatic rings. The van der Waals surface area contributed by atoms with Gasteiger partial charge in [-0.15, -0.1) is 0 Å². The summed E-state index contributed by atoms with van der Waals surface area (Å²) in [5.74, 6) is 0. The van der Waals surface area contributed by atoms with Gasteiger partial charge in [0.15, 0.2) is 6.29 Å². The van der Waals surface area contributed by atoms with E-state index in [0.717, 1.165) is 12.8 Å². The van der Waals surface area contributed by atoms with Crippen LogP contribution in [0.25, 0.3) is 0 Å².